The van der Waals surface area contributed by atoms with Gasteiger partial charge in [-0.3, -0.25) is 4.79 Å². The average molecular weight is 355 g/mol. The van der Waals surface area contributed by atoms with E-state index >= 15 is 0 Å². The highest BCUT2D eigenvalue weighted by molar-refractivity contribution is 6.07. The number of carbonyl (C=O) groups excluding carboxylic acids is 1. The molecule has 0 radical (unpaired) electrons. The smallest absolute Gasteiger partial charge is 0.252 e. The van der Waals surface area contributed by atoms with E-state index in [0.717, 1.165) is 36.8 Å². The van der Waals surface area contributed by atoms with Crippen molar-refractivity contribution in [2.24, 2.45) is 0 Å². The van der Waals surface area contributed by atoms with E-state index in [1.807, 2.05) is 30.3 Å². The Morgan fingerprint density at radius 3 is 2.96 bits per heavy atom. The molecule has 1 saturated heterocycles. The molecule has 0 spiro atoms. The highest BCUT2D eigenvalue weighted by Gasteiger charge is 2.25. The fourth-order valence-electron chi connectivity index (χ4n) is 3.15. The maximum Gasteiger partial charge on any atom is 0.252 e. The standard InChI is InChI=1S/C20H25N3O3/c1-13(11-26-15-8-9-25-12-15)21-19-10-17(20(24)22-14-6-7-14)16-4-2-3-5-18(16)23-19/h2-5,10,13-15H,6-9,11-12H2,1H3,(H,21,23)(H,22,24). The number of carbonyl (C=O) groups is 1. The quantitative estimate of drug-likeness (QED) is 0.799. The fraction of sp³-hybridized carbons (Fsp3) is 0.500. The molecule has 4 rings (SSSR count). The van der Waals surface area contributed by atoms with Gasteiger partial charge in [-0.1, -0.05) is 18.2 Å². The molecule has 2 aliphatic rings. The van der Waals surface area contributed by atoms with E-state index in [9.17, 15) is 4.79 Å². The molecule has 1 aliphatic heterocycles. The van der Waals surface area contributed by atoms with Gasteiger partial charge in [0.2, 0.25) is 0 Å². The maximum atomic E-state index is 12.6. The van der Waals surface area contributed by atoms with Gasteiger partial charge in [0, 0.05) is 24.1 Å². The van der Waals surface area contributed by atoms with E-state index in [2.05, 4.69) is 22.5 Å². The summed E-state index contributed by atoms with van der Waals surface area (Å²) in [4.78, 5) is 17.3. The Morgan fingerprint density at radius 1 is 1.35 bits per heavy atom. The molecule has 2 atom stereocenters. The Bertz CT molecular complexity index is 785. The van der Waals surface area contributed by atoms with Crippen LogP contribution in [0.3, 0.4) is 0 Å². The van der Waals surface area contributed by atoms with Gasteiger partial charge in [-0.05, 0) is 38.3 Å². The summed E-state index contributed by atoms with van der Waals surface area (Å²) in [6.07, 6.45) is 3.27. The van der Waals surface area contributed by atoms with Crippen LogP contribution >= 0.6 is 0 Å². The van der Waals surface area contributed by atoms with Gasteiger partial charge in [-0.2, -0.15) is 0 Å². The molecular formula is C20H25N3O3. The summed E-state index contributed by atoms with van der Waals surface area (Å²) < 4.78 is 11.2. The molecule has 26 heavy (non-hydrogen) atoms. The zero-order valence-electron chi connectivity index (χ0n) is 15.0. The number of amides is 1. The van der Waals surface area contributed by atoms with Gasteiger partial charge in [-0.25, -0.2) is 4.98 Å². The Hall–Kier alpha value is -2.18. The zero-order valence-corrected chi connectivity index (χ0v) is 15.0. The van der Waals surface area contributed by atoms with Crippen LogP contribution in [0.1, 0.15) is 36.5 Å². The van der Waals surface area contributed by atoms with Crippen LogP contribution in [-0.2, 0) is 9.47 Å². The number of rotatable bonds is 7. The van der Waals surface area contributed by atoms with Crippen molar-refractivity contribution in [1.82, 2.24) is 10.3 Å². The van der Waals surface area contributed by atoms with Gasteiger partial charge in [-0.15, -0.1) is 0 Å². The molecule has 2 aromatic rings. The van der Waals surface area contributed by atoms with E-state index in [4.69, 9.17) is 9.47 Å². The monoisotopic (exact) mass is 355 g/mol. The molecule has 6 heteroatoms. The summed E-state index contributed by atoms with van der Waals surface area (Å²) in [5.74, 6) is 0.671. The highest BCUT2D eigenvalue weighted by Crippen LogP contribution is 2.24. The third-order valence-electron chi connectivity index (χ3n) is 4.74. The predicted molar refractivity (Wildman–Crippen MR) is 100 cm³/mol. The maximum absolute atomic E-state index is 12.6. The van der Waals surface area contributed by atoms with Gasteiger partial charge >= 0.3 is 0 Å². The van der Waals surface area contributed by atoms with Gasteiger partial charge < -0.3 is 20.1 Å². The molecule has 1 amide bonds. The number of anilines is 1. The molecule has 138 valence electrons. The second-order valence-corrected chi connectivity index (χ2v) is 7.18. The van der Waals surface area contributed by atoms with Crippen LogP contribution in [0, 0.1) is 0 Å². The lowest BCUT2D eigenvalue weighted by Gasteiger charge is -2.18. The van der Waals surface area contributed by atoms with E-state index in [-0.39, 0.29) is 18.1 Å². The number of ether oxygens (including phenoxy) is 2. The molecule has 6 nitrogen and oxygen atoms in total. The summed E-state index contributed by atoms with van der Waals surface area (Å²) in [6.45, 7) is 4.08. The number of fused-ring (bicyclic) bond motifs is 1. The molecule has 2 fully saturated rings. The summed E-state index contributed by atoms with van der Waals surface area (Å²) >= 11 is 0. The van der Waals surface area contributed by atoms with Crippen LogP contribution in [0.25, 0.3) is 10.9 Å². The molecule has 2 heterocycles. The van der Waals surface area contributed by atoms with Crippen molar-refractivity contribution >= 4 is 22.6 Å². The molecule has 0 bridgehead atoms. The number of benzene rings is 1. The largest absolute Gasteiger partial charge is 0.379 e. The van der Waals surface area contributed by atoms with Gasteiger partial charge in [0.25, 0.3) is 5.91 Å². The SMILES string of the molecule is CC(COC1CCOC1)Nc1cc(C(=O)NC2CC2)c2ccccc2n1. The van der Waals surface area contributed by atoms with Crippen LogP contribution in [0.5, 0.6) is 0 Å². The lowest BCUT2D eigenvalue weighted by atomic mass is 10.1. The molecular weight excluding hydrogens is 330 g/mol. The van der Waals surface area contributed by atoms with Gasteiger partial charge in [0.1, 0.15) is 5.82 Å². The van der Waals surface area contributed by atoms with E-state index in [1.54, 1.807) is 0 Å². The number of hydrogen-bond acceptors (Lipinski definition) is 5. The summed E-state index contributed by atoms with van der Waals surface area (Å²) in [5, 5.41) is 7.32. The lowest BCUT2D eigenvalue weighted by Crippen LogP contribution is -2.28. The van der Waals surface area contributed by atoms with E-state index in [1.165, 1.54) is 0 Å². The molecule has 2 N–H and O–H groups in total. The first-order valence-electron chi connectivity index (χ1n) is 9.35. The number of aromatic nitrogens is 1. The Labute approximate surface area is 153 Å². The fourth-order valence-corrected chi connectivity index (χ4v) is 3.15. The van der Waals surface area contributed by atoms with Crippen molar-refractivity contribution in [2.75, 3.05) is 25.1 Å². The van der Waals surface area contributed by atoms with Crippen molar-refractivity contribution in [3.05, 3.63) is 35.9 Å². The van der Waals surface area contributed by atoms with Crippen LogP contribution in [0.15, 0.2) is 30.3 Å². The minimum Gasteiger partial charge on any atom is -0.379 e. The number of para-hydroxylation sites is 1. The van der Waals surface area contributed by atoms with Crippen molar-refractivity contribution in [2.45, 2.75) is 44.4 Å². The molecule has 1 aromatic carbocycles. The van der Waals surface area contributed by atoms with E-state index in [0.29, 0.717) is 30.6 Å². The Kier molecular flexibility index (Phi) is 5.04. The summed E-state index contributed by atoms with van der Waals surface area (Å²) in [5.41, 5.74) is 1.48. The normalized spacial score (nSPS) is 20.9. The first kappa shape index (κ1) is 17.2. The molecule has 1 saturated carbocycles. The third-order valence-corrected chi connectivity index (χ3v) is 4.74. The van der Waals surface area contributed by atoms with Crippen LogP contribution in [0.2, 0.25) is 0 Å². The topological polar surface area (TPSA) is 72.5 Å². The van der Waals surface area contributed by atoms with Gasteiger partial charge in [0.05, 0.1) is 30.4 Å². The van der Waals surface area contributed by atoms with Crippen molar-refractivity contribution in [3.8, 4) is 0 Å². The minimum atomic E-state index is -0.0267. The first-order chi connectivity index (χ1) is 12.7. The van der Waals surface area contributed by atoms with Gasteiger partial charge in [0.15, 0.2) is 0 Å². The number of nitrogens with zero attached hydrogens (tertiary/aromatic N) is 1. The molecule has 1 aliphatic carbocycles. The average Bonchev–Trinajstić information content (AvgIpc) is 3.30. The predicted octanol–water partition coefficient (Wildman–Crippen LogP) is 2.73. The first-order valence-corrected chi connectivity index (χ1v) is 9.35. The van der Waals surface area contributed by atoms with Crippen LogP contribution in [0.4, 0.5) is 5.82 Å². The van der Waals surface area contributed by atoms with Crippen LogP contribution < -0.4 is 10.6 Å². The zero-order chi connectivity index (χ0) is 17.9. The van der Waals surface area contributed by atoms with Crippen molar-refractivity contribution in [1.29, 1.82) is 0 Å². The molecule has 1 aromatic heterocycles. The lowest BCUT2D eigenvalue weighted by molar-refractivity contribution is 0.0395. The number of hydrogen-bond donors (Lipinski definition) is 2. The van der Waals surface area contributed by atoms with Crippen molar-refractivity contribution in [3.63, 3.8) is 0 Å². The summed E-state index contributed by atoms with van der Waals surface area (Å²) in [7, 11) is 0. The number of pyridine rings is 1. The second-order valence-electron chi connectivity index (χ2n) is 7.18. The Balaban J connectivity index is 1.49. The van der Waals surface area contributed by atoms with E-state index < -0.39 is 0 Å². The second kappa shape index (κ2) is 7.60. The van der Waals surface area contributed by atoms with Crippen molar-refractivity contribution < 1.29 is 14.3 Å². The third kappa shape index (κ3) is 4.14. The van der Waals surface area contributed by atoms with Crippen LogP contribution in [-0.4, -0.2) is 48.9 Å². The highest BCUT2D eigenvalue weighted by atomic mass is 16.5. The molecule has 2 unspecified atom stereocenters. The summed E-state index contributed by atoms with van der Waals surface area (Å²) in [6, 6.07) is 10.0. The Morgan fingerprint density at radius 2 is 2.19 bits per heavy atom. The minimum absolute atomic E-state index is 0.0267. The number of nitrogens with one attached hydrogen (secondary N) is 2.